The first-order valence-corrected chi connectivity index (χ1v) is 12.7. The number of rotatable bonds is 6. The third-order valence-corrected chi connectivity index (χ3v) is 7.42. The van der Waals surface area contributed by atoms with E-state index in [2.05, 4.69) is 14.9 Å². The van der Waals surface area contributed by atoms with E-state index in [0.29, 0.717) is 47.9 Å². The van der Waals surface area contributed by atoms with Crippen molar-refractivity contribution in [1.29, 1.82) is 0 Å². The molecule has 5 rings (SSSR count). The van der Waals surface area contributed by atoms with Gasteiger partial charge in [0.05, 0.1) is 22.9 Å². The van der Waals surface area contributed by atoms with Gasteiger partial charge in [0.1, 0.15) is 5.78 Å². The van der Waals surface area contributed by atoms with Gasteiger partial charge in [-0.3, -0.25) is 14.4 Å². The molecule has 2 aliphatic rings. The van der Waals surface area contributed by atoms with Crippen LogP contribution in [0.5, 0.6) is 0 Å². The van der Waals surface area contributed by atoms with E-state index in [-0.39, 0.29) is 23.5 Å². The quantitative estimate of drug-likeness (QED) is 0.532. The summed E-state index contributed by atoms with van der Waals surface area (Å²) in [6.45, 7) is 2.96. The predicted octanol–water partition coefficient (Wildman–Crippen LogP) is 5.24. The van der Waals surface area contributed by atoms with Gasteiger partial charge in [-0.25, -0.2) is 4.98 Å². The number of fused-ring (bicyclic) bond motifs is 1. The van der Waals surface area contributed by atoms with Crippen molar-refractivity contribution in [2.24, 2.45) is 5.92 Å². The van der Waals surface area contributed by atoms with Gasteiger partial charge >= 0.3 is 0 Å². The highest BCUT2D eigenvalue weighted by atomic mass is 16.2. The molecule has 2 fully saturated rings. The summed E-state index contributed by atoms with van der Waals surface area (Å²) >= 11 is 0. The number of benzene rings is 2. The molecule has 1 aliphatic carbocycles. The number of nitrogens with zero attached hydrogens (tertiary/aromatic N) is 3. The van der Waals surface area contributed by atoms with E-state index in [1.165, 1.54) is 12.8 Å². The number of piperidine rings is 1. The Labute approximate surface area is 205 Å². The van der Waals surface area contributed by atoms with Crippen LogP contribution >= 0.6 is 0 Å². The van der Waals surface area contributed by atoms with Crippen molar-refractivity contribution in [1.82, 2.24) is 14.5 Å². The van der Waals surface area contributed by atoms with Gasteiger partial charge in [-0.05, 0) is 49.9 Å². The maximum absolute atomic E-state index is 13.9. The summed E-state index contributed by atoms with van der Waals surface area (Å²) in [6.07, 6.45) is 8.46. The molecule has 2 amide bonds. The fourth-order valence-electron chi connectivity index (χ4n) is 5.54. The van der Waals surface area contributed by atoms with Crippen LogP contribution in [-0.2, 0) is 4.79 Å². The van der Waals surface area contributed by atoms with Crippen LogP contribution in [0, 0.1) is 5.92 Å². The fraction of sp³-hybridized carbons (Fsp3) is 0.429. The smallest absolute Gasteiger partial charge is 0.256 e. The minimum absolute atomic E-state index is 0.0980. The first kappa shape index (κ1) is 23.3. The maximum atomic E-state index is 13.9. The van der Waals surface area contributed by atoms with Crippen LogP contribution in [0.2, 0.25) is 0 Å². The van der Waals surface area contributed by atoms with Crippen molar-refractivity contribution in [2.45, 2.75) is 57.9 Å². The van der Waals surface area contributed by atoms with Gasteiger partial charge in [-0.2, -0.15) is 0 Å². The topological polar surface area (TPSA) is 84.3 Å². The molecule has 1 N–H and O–H groups in total. The number of imidazole rings is 1. The molecule has 7 heteroatoms. The van der Waals surface area contributed by atoms with Crippen molar-refractivity contribution < 1.29 is 14.4 Å². The molecule has 2 heterocycles. The third kappa shape index (κ3) is 4.72. The van der Waals surface area contributed by atoms with E-state index >= 15 is 0 Å². The highest BCUT2D eigenvalue weighted by Crippen LogP contribution is 2.35. The van der Waals surface area contributed by atoms with Crippen molar-refractivity contribution in [3.8, 4) is 0 Å². The molecule has 7 nitrogen and oxygen atoms in total. The summed E-state index contributed by atoms with van der Waals surface area (Å²) in [7, 11) is 0. The zero-order valence-corrected chi connectivity index (χ0v) is 20.2. The van der Waals surface area contributed by atoms with Crippen LogP contribution in [0.15, 0.2) is 48.8 Å². The molecule has 3 aromatic rings. The Kier molecular flexibility index (Phi) is 6.66. The van der Waals surface area contributed by atoms with E-state index in [0.717, 1.165) is 31.2 Å². The van der Waals surface area contributed by atoms with Gasteiger partial charge in [-0.15, -0.1) is 0 Å². The Morgan fingerprint density at radius 1 is 1.03 bits per heavy atom. The molecular formula is C28H32N4O3. The zero-order chi connectivity index (χ0) is 24.4. The van der Waals surface area contributed by atoms with E-state index < -0.39 is 0 Å². The number of ketones is 1. The van der Waals surface area contributed by atoms with Crippen LogP contribution in [0.3, 0.4) is 0 Å². The van der Waals surface area contributed by atoms with Crippen LogP contribution in [-0.4, -0.2) is 45.1 Å². The number of hydrogen-bond donors (Lipinski definition) is 1. The molecule has 0 bridgehead atoms. The number of amides is 2. The van der Waals surface area contributed by atoms with E-state index in [1.807, 2.05) is 42.4 Å². The standard InChI is InChI=1S/C28H32N4O3/c1-2-25(33)20-11-8-14-31(17-20)28(35)23-15-21(30-27(34)19-9-4-3-5-10-19)16-24-26(23)32(18-29-24)22-12-6-7-13-22/h3-5,9-10,15-16,18,20,22H,2,6-8,11-14,17H2,1H3,(H,30,34)/t20-/m1/s1. The van der Waals surface area contributed by atoms with Gasteiger partial charge in [0.25, 0.3) is 11.8 Å². The van der Waals surface area contributed by atoms with Crippen LogP contribution in [0.25, 0.3) is 11.0 Å². The predicted molar refractivity (Wildman–Crippen MR) is 136 cm³/mol. The first-order chi connectivity index (χ1) is 17.0. The van der Waals surface area contributed by atoms with Gasteiger partial charge in [0, 0.05) is 42.7 Å². The minimum atomic E-state index is -0.231. The minimum Gasteiger partial charge on any atom is -0.338 e. The van der Waals surface area contributed by atoms with Crippen molar-refractivity contribution in [3.63, 3.8) is 0 Å². The summed E-state index contributed by atoms with van der Waals surface area (Å²) in [5, 5.41) is 2.95. The average molecular weight is 473 g/mol. The van der Waals surface area contributed by atoms with Crippen LogP contribution < -0.4 is 5.32 Å². The molecule has 1 saturated heterocycles. The Morgan fingerprint density at radius 3 is 2.54 bits per heavy atom. The Bertz CT molecular complexity index is 1240. The lowest BCUT2D eigenvalue weighted by Gasteiger charge is -2.32. The van der Waals surface area contributed by atoms with Gasteiger partial charge in [0.2, 0.25) is 0 Å². The lowest BCUT2D eigenvalue weighted by Crippen LogP contribution is -2.42. The number of carbonyl (C=O) groups is 3. The molecule has 1 aromatic heterocycles. The van der Waals surface area contributed by atoms with Gasteiger partial charge in [0.15, 0.2) is 0 Å². The Balaban J connectivity index is 1.52. The summed E-state index contributed by atoms with van der Waals surface area (Å²) in [5.74, 6) is -0.217. The van der Waals surface area contributed by atoms with Crippen LogP contribution in [0.4, 0.5) is 5.69 Å². The summed E-state index contributed by atoms with van der Waals surface area (Å²) in [5.41, 5.74) is 3.16. The number of aromatic nitrogens is 2. The summed E-state index contributed by atoms with van der Waals surface area (Å²) in [6, 6.07) is 13.0. The highest BCUT2D eigenvalue weighted by Gasteiger charge is 2.30. The van der Waals surface area contributed by atoms with Crippen LogP contribution in [0.1, 0.15) is 78.6 Å². The molecule has 0 radical (unpaired) electrons. The lowest BCUT2D eigenvalue weighted by molar-refractivity contribution is -0.123. The molecular weight excluding hydrogens is 440 g/mol. The second-order valence-corrected chi connectivity index (χ2v) is 9.71. The maximum Gasteiger partial charge on any atom is 0.256 e. The summed E-state index contributed by atoms with van der Waals surface area (Å²) in [4.78, 5) is 45.6. The van der Waals surface area contributed by atoms with Gasteiger partial charge < -0.3 is 14.8 Å². The molecule has 1 saturated carbocycles. The third-order valence-electron chi connectivity index (χ3n) is 7.42. The molecule has 35 heavy (non-hydrogen) atoms. The molecule has 1 aliphatic heterocycles. The lowest BCUT2D eigenvalue weighted by atomic mass is 9.92. The fourth-order valence-corrected chi connectivity index (χ4v) is 5.54. The molecule has 1 atom stereocenters. The van der Waals surface area contributed by atoms with E-state index in [4.69, 9.17) is 0 Å². The number of nitrogens with one attached hydrogen (secondary N) is 1. The normalized spacial score (nSPS) is 18.7. The zero-order valence-electron chi connectivity index (χ0n) is 20.2. The Morgan fingerprint density at radius 2 is 1.80 bits per heavy atom. The number of likely N-dealkylation sites (tertiary alicyclic amines) is 1. The second-order valence-electron chi connectivity index (χ2n) is 9.71. The number of carbonyl (C=O) groups excluding carboxylic acids is 3. The summed E-state index contributed by atoms with van der Waals surface area (Å²) < 4.78 is 2.15. The number of hydrogen-bond acceptors (Lipinski definition) is 4. The van der Waals surface area contributed by atoms with Crippen molar-refractivity contribution >= 4 is 34.3 Å². The van der Waals surface area contributed by atoms with Crippen molar-refractivity contribution in [2.75, 3.05) is 18.4 Å². The highest BCUT2D eigenvalue weighted by molar-refractivity contribution is 6.10. The SMILES string of the molecule is CCC(=O)[C@@H]1CCCN(C(=O)c2cc(NC(=O)c3ccccc3)cc3ncn(C4CCCC4)c23)C1. The monoisotopic (exact) mass is 472 g/mol. The van der Waals surface area contributed by atoms with Crippen molar-refractivity contribution in [3.05, 3.63) is 59.9 Å². The second kappa shape index (κ2) is 10.0. The molecule has 182 valence electrons. The average Bonchev–Trinajstić information content (AvgIpc) is 3.58. The van der Waals surface area contributed by atoms with E-state index in [1.54, 1.807) is 18.2 Å². The largest absolute Gasteiger partial charge is 0.338 e. The molecule has 2 aromatic carbocycles. The van der Waals surface area contributed by atoms with Gasteiger partial charge in [-0.1, -0.05) is 38.0 Å². The first-order valence-electron chi connectivity index (χ1n) is 12.7. The molecule has 0 unspecified atom stereocenters. The van der Waals surface area contributed by atoms with E-state index in [9.17, 15) is 14.4 Å². The number of Topliss-reactive ketones (excluding diaryl/α,β-unsaturated/α-hetero) is 1. The molecule has 0 spiro atoms. The Hall–Kier alpha value is -3.48. The number of anilines is 1.